The molecule has 8 atom stereocenters. The minimum absolute atomic E-state index is 0.0286. The van der Waals surface area contributed by atoms with Crippen LogP contribution in [0.1, 0.15) is 139 Å². The largest absolute Gasteiger partial charge is 0.370 e. The summed E-state index contributed by atoms with van der Waals surface area (Å²) in [6, 6.07) is 33.4. The van der Waals surface area contributed by atoms with E-state index < -0.39 is 114 Å². The molecular formula is C77H104N14O10. The highest BCUT2D eigenvalue weighted by Crippen LogP contribution is 2.23. The summed E-state index contributed by atoms with van der Waals surface area (Å²) in [4.78, 5) is 145. The first-order valence-electron chi connectivity index (χ1n) is 35.8. The number of rotatable bonds is 25. The molecule has 0 spiro atoms. The van der Waals surface area contributed by atoms with Crippen LogP contribution < -0.4 is 76.5 Å². The summed E-state index contributed by atoms with van der Waals surface area (Å²) in [6.07, 6.45) is 5.93. The highest BCUT2D eigenvalue weighted by atomic mass is 16.2. The number of unbranched alkanes of at least 4 members (excludes halogenated alkanes) is 4. The molecule has 0 radical (unpaired) electrons. The van der Waals surface area contributed by atoms with Gasteiger partial charge in [-0.1, -0.05) is 159 Å². The highest BCUT2D eigenvalue weighted by molar-refractivity contribution is 5.99. The minimum atomic E-state index is -1.68. The molecule has 10 amide bonds. The molecule has 0 aromatic heterocycles. The van der Waals surface area contributed by atoms with Crippen LogP contribution in [-0.2, 0) is 67.2 Å². The van der Waals surface area contributed by atoms with Gasteiger partial charge in [0, 0.05) is 32.2 Å². The van der Waals surface area contributed by atoms with Gasteiger partial charge in [-0.15, -0.1) is 0 Å². The molecule has 1 heterocycles. The topological polar surface area (TPSA) is 409 Å². The smallest absolute Gasteiger partial charge is 0.243 e. The fourth-order valence-electron chi connectivity index (χ4n) is 12.4. The number of nitrogens with two attached hydrogens (primary N) is 5. The van der Waals surface area contributed by atoms with E-state index in [2.05, 4.69) is 47.9 Å². The van der Waals surface area contributed by atoms with Gasteiger partial charge in [-0.3, -0.25) is 47.9 Å². The Kier molecular flexibility index (Phi) is 33.1. The molecule has 7 rings (SSSR count). The van der Waals surface area contributed by atoms with Crippen LogP contribution in [0.5, 0.6) is 0 Å². The summed E-state index contributed by atoms with van der Waals surface area (Å²) in [5.74, 6) is -7.33. The van der Waals surface area contributed by atoms with Crippen LogP contribution in [0.4, 0.5) is 0 Å². The minimum Gasteiger partial charge on any atom is -0.370 e. The van der Waals surface area contributed by atoms with E-state index >= 15 is 9.59 Å². The van der Waals surface area contributed by atoms with Gasteiger partial charge in [0.1, 0.15) is 48.3 Å². The van der Waals surface area contributed by atoms with Crippen molar-refractivity contribution >= 4 is 80.6 Å². The van der Waals surface area contributed by atoms with Crippen molar-refractivity contribution in [1.82, 2.24) is 47.9 Å². The predicted molar refractivity (Wildman–Crippen MR) is 392 cm³/mol. The Morgan fingerprint density at radius 3 is 1.11 bits per heavy atom. The lowest BCUT2D eigenvalue weighted by atomic mass is 9.99. The molecule has 0 aliphatic carbocycles. The Balaban J connectivity index is 1.24. The van der Waals surface area contributed by atoms with Gasteiger partial charge in [-0.25, -0.2) is 0 Å². The third kappa shape index (κ3) is 26.4. The average Bonchev–Trinajstić information content (AvgIpc) is 0.847. The first-order chi connectivity index (χ1) is 48.9. The third-order valence-electron chi connectivity index (χ3n) is 18.2. The maximum atomic E-state index is 15.2. The first-order valence-corrected chi connectivity index (χ1v) is 35.8. The van der Waals surface area contributed by atoms with Crippen molar-refractivity contribution in [1.29, 1.82) is 0 Å². The van der Waals surface area contributed by atoms with E-state index in [1.807, 2.05) is 133 Å². The predicted octanol–water partition coefficient (Wildman–Crippen LogP) is 4.43. The van der Waals surface area contributed by atoms with Gasteiger partial charge >= 0.3 is 0 Å². The number of hydrogen-bond acceptors (Lipinski definition) is 14. The first kappa shape index (κ1) is 78.7. The van der Waals surface area contributed by atoms with E-state index in [-0.39, 0.29) is 77.5 Å². The SMILES string of the molecule is NCCCC[C@@H]1NC(=O)[C@H](Cc2ccc3ccccc3c2)NC(=O)CCCCCCCNC(=O)[C@H](Cc2ccc(-c3ccccc3)cc2)NC(=O)[C@H](CCCCN)NC(=O)[C@H](CCCCN)NC(=O)[C@H](Cc2ccc3ccccc3c2)NC(=O)[C@H](CCCCN)NC(=O)[C@H](CC(N)=O)NC1=O. The standard InChI is InChI=1S/C77H104N14O10/c78-40-16-12-27-60-71(95)85-61(28-13-17-41-79)72(96)89-64(47-51-32-36-57(37-33-51)54-21-5-4-6-22-54)70(94)83-44-20-3-1-2-7-31-69(93)84-65(48-52-34-38-55-23-8-10-25-58(55)45-52)75(99)86-63(30-15-19-43-81)74(98)91-67(50-68(82)92)77(101)88-62(29-14-18-42-80)73(97)90-66(76(100)87-60)49-53-35-39-56-24-9-11-26-59(56)46-53/h4-6,8-11,21-26,32-39,45-46,60-67H,1-3,7,12-20,27-31,40-44,47-50,78-81H2,(H2,82,92)(H,83,94)(H,84,93)(H,85,95)(H,86,99)(H,87,100)(H,88,101)(H,89,96)(H,90,97)(H,91,98)/t60-,61-,62-,63-,64-,65-,66-,67-/m0/s1. The Morgan fingerprint density at radius 1 is 0.327 bits per heavy atom. The number of primary amides is 1. The van der Waals surface area contributed by atoms with E-state index in [4.69, 9.17) is 28.7 Å². The Morgan fingerprint density at radius 2 is 0.663 bits per heavy atom. The van der Waals surface area contributed by atoms with Gasteiger partial charge in [-0.05, 0) is 165 Å². The molecule has 1 aliphatic heterocycles. The van der Waals surface area contributed by atoms with Crippen molar-refractivity contribution in [3.8, 4) is 11.1 Å². The monoisotopic (exact) mass is 1380 g/mol. The van der Waals surface area contributed by atoms with E-state index in [1.54, 1.807) is 6.07 Å². The van der Waals surface area contributed by atoms with E-state index in [1.165, 1.54) is 0 Å². The second kappa shape index (κ2) is 42.5. The maximum Gasteiger partial charge on any atom is 0.243 e. The van der Waals surface area contributed by atoms with Gasteiger partial charge < -0.3 is 76.5 Å². The molecule has 0 unspecified atom stereocenters. The van der Waals surface area contributed by atoms with Gasteiger partial charge in [0.05, 0.1) is 6.42 Å². The second-order valence-corrected chi connectivity index (χ2v) is 26.2. The number of carbonyl (C=O) groups excluding carboxylic acids is 10. The normalized spacial score (nSPS) is 21.2. The number of amides is 10. The zero-order chi connectivity index (χ0) is 72.3. The Hall–Kier alpha value is -9.62. The molecule has 24 nitrogen and oxygen atoms in total. The van der Waals surface area contributed by atoms with E-state index in [0.29, 0.717) is 95.6 Å². The van der Waals surface area contributed by atoms with Crippen LogP contribution in [0.15, 0.2) is 140 Å². The van der Waals surface area contributed by atoms with Crippen molar-refractivity contribution in [3.63, 3.8) is 0 Å². The average molecular weight is 1390 g/mol. The summed E-state index contributed by atoms with van der Waals surface area (Å²) >= 11 is 0. The van der Waals surface area contributed by atoms with Crippen molar-refractivity contribution in [2.45, 2.75) is 190 Å². The Bertz CT molecular complexity index is 3690. The summed E-state index contributed by atoms with van der Waals surface area (Å²) < 4.78 is 0. The van der Waals surface area contributed by atoms with E-state index in [0.717, 1.165) is 43.8 Å². The quantitative estimate of drug-likeness (QED) is 0.0353. The van der Waals surface area contributed by atoms with Gasteiger partial charge in [-0.2, -0.15) is 0 Å². The lowest BCUT2D eigenvalue weighted by Gasteiger charge is -2.28. The highest BCUT2D eigenvalue weighted by Gasteiger charge is 2.36. The molecule has 1 fully saturated rings. The zero-order valence-corrected chi connectivity index (χ0v) is 58.0. The van der Waals surface area contributed by atoms with Crippen molar-refractivity contribution in [2.24, 2.45) is 28.7 Å². The van der Waals surface area contributed by atoms with Crippen LogP contribution in [0.25, 0.3) is 32.7 Å². The molecule has 0 saturated carbocycles. The summed E-state index contributed by atoms with van der Waals surface area (Å²) in [7, 11) is 0. The molecule has 542 valence electrons. The molecule has 19 N–H and O–H groups in total. The van der Waals surface area contributed by atoms with Crippen LogP contribution in [0.3, 0.4) is 0 Å². The molecule has 24 heteroatoms. The van der Waals surface area contributed by atoms with Gasteiger partial charge in [0.25, 0.3) is 0 Å². The number of hydrogen-bond donors (Lipinski definition) is 14. The third-order valence-corrected chi connectivity index (χ3v) is 18.2. The van der Waals surface area contributed by atoms with Crippen LogP contribution in [0, 0.1) is 0 Å². The maximum absolute atomic E-state index is 15.2. The molecule has 1 aliphatic rings. The second-order valence-electron chi connectivity index (χ2n) is 26.2. The number of benzene rings is 6. The Labute approximate surface area is 592 Å². The van der Waals surface area contributed by atoms with Crippen LogP contribution >= 0.6 is 0 Å². The number of carbonyl (C=O) groups is 10. The molecule has 101 heavy (non-hydrogen) atoms. The van der Waals surface area contributed by atoms with E-state index in [9.17, 15) is 38.4 Å². The summed E-state index contributed by atoms with van der Waals surface area (Å²) in [6.45, 7) is 1.33. The summed E-state index contributed by atoms with van der Waals surface area (Å²) in [5, 5.41) is 29.3. The lowest BCUT2D eigenvalue weighted by molar-refractivity contribution is -0.136. The van der Waals surface area contributed by atoms with Crippen molar-refractivity contribution in [2.75, 3.05) is 32.7 Å². The fourth-order valence-corrected chi connectivity index (χ4v) is 12.4. The fraction of sp³-hybridized carbons (Fsp3) is 0.455. The summed E-state index contributed by atoms with van der Waals surface area (Å²) in [5.41, 5.74) is 33.6. The molecule has 0 bridgehead atoms. The van der Waals surface area contributed by atoms with Gasteiger partial charge in [0.2, 0.25) is 59.1 Å². The lowest BCUT2D eigenvalue weighted by Crippen LogP contribution is -2.61. The molecule has 1 saturated heterocycles. The zero-order valence-electron chi connectivity index (χ0n) is 58.0. The molecule has 6 aromatic rings. The number of fused-ring (bicyclic) bond motifs is 2. The van der Waals surface area contributed by atoms with Crippen LogP contribution in [0.2, 0.25) is 0 Å². The van der Waals surface area contributed by atoms with Crippen molar-refractivity contribution < 1.29 is 47.9 Å². The number of nitrogens with one attached hydrogen (secondary N) is 9. The molecular weight excluding hydrogens is 1280 g/mol. The van der Waals surface area contributed by atoms with Gasteiger partial charge in [0.15, 0.2) is 0 Å². The van der Waals surface area contributed by atoms with Crippen molar-refractivity contribution in [3.05, 3.63) is 156 Å². The van der Waals surface area contributed by atoms with Crippen LogP contribution in [-0.4, -0.2) is 140 Å². The molecule has 6 aromatic carbocycles.